The molecular weight excluding hydrogens is 214 g/mol. The molecule has 0 aliphatic rings. The van der Waals surface area contributed by atoms with Crippen molar-refractivity contribution >= 4 is 23.4 Å². The minimum absolute atomic E-state index is 0.424. The molecule has 1 heterocycles. The van der Waals surface area contributed by atoms with Gasteiger partial charge in [0.25, 0.3) is 0 Å². The number of anilines is 2. The van der Waals surface area contributed by atoms with Crippen LogP contribution >= 0.6 is 11.8 Å². The quantitative estimate of drug-likeness (QED) is 0.249. The lowest BCUT2D eigenvalue weighted by atomic mass is 10.4. The largest absolute Gasteiger partial charge is 0.392 e. The van der Waals surface area contributed by atoms with E-state index in [0.717, 1.165) is 0 Å². The summed E-state index contributed by atoms with van der Waals surface area (Å²) in [5, 5.41) is 12.7. The summed E-state index contributed by atoms with van der Waals surface area (Å²) in [5.41, 5.74) is 2.46. The van der Waals surface area contributed by atoms with Crippen molar-refractivity contribution in [1.82, 2.24) is 9.97 Å². The summed E-state index contributed by atoms with van der Waals surface area (Å²) in [6.07, 6.45) is 1.46. The zero-order chi connectivity index (χ0) is 11.3. The molecule has 0 aliphatic heterocycles. The fraction of sp³-hybridized carbons (Fsp3) is 0.500. The lowest BCUT2D eigenvalue weighted by Gasteiger charge is -2.09. The Morgan fingerprint density at radius 1 is 1.53 bits per heavy atom. The smallest absolute Gasteiger partial charge is 0.191 e. The minimum Gasteiger partial charge on any atom is -0.392 e. The van der Waals surface area contributed by atoms with Gasteiger partial charge in [-0.2, -0.15) is 0 Å². The van der Waals surface area contributed by atoms with E-state index in [1.807, 2.05) is 6.26 Å². The van der Waals surface area contributed by atoms with Crippen LogP contribution in [-0.4, -0.2) is 34.0 Å². The van der Waals surface area contributed by atoms with Crippen molar-refractivity contribution in [2.75, 3.05) is 23.5 Å². The molecule has 1 rings (SSSR count). The zero-order valence-electron chi connectivity index (χ0n) is 8.69. The number of nitrogens with one attached hydrogen (secondary N) is 2. The van der Waals surface area contributed by atoms with E-state index in [-0.39, 0.29) is 0 Å². The van der Waals surface area contributed by atoms with Crippen molar-refractivity contribution in [3.8, 4) is 0 Å². The molecule has 0 amide bonds. The molecule has 1 aromatic heterocycles. The molecule has 1 atom stereocenters. The van der Waals surface area contributed by atoms with E-state index in [0.29, 0.717) is 23.3 Å². The van der Waals surface area contributed by atoms with Crippen molar-refractivity contribution in [2.24, 2.45) is 5.84 Å². The predicted octanol–water partition coefficient (Wildman–Crippen LogP) is 0.277. The lowest BCUT2D eigenvalue weighted by Crippen LogP contribution is -2.17. The first kappa shape index (κ1) is 12.0. The molecule has 0 spiro atoms. The molecule has 15 heavy (non-hydrogen) atoms. The molecule has 1 unspecified atom stereocenters. The van der Waals surface area contributed by atoms with E-state index >= 15 is 0 Å². The summed E-state index contributed by atoms with van der Waals surface area (Å²) in [7, 11) is 0. The Balaban J connectivity index is 2.77. The molecule has 0 bridgehead atoms. The number of hydrogen-bond donors (Lipinski definition) is 4. The SMILES string of the molecule is CSc1nc(NN)cc(NCC(C)O)n1. The molecule has 0 saturated carbocycles. The number of nitrogens with zero attached hydrogens (tertiary/aromatic N) is 2. The Labute approximate surface area is 92.7 Å². The first-order valence-corrected chi connectivity index (χ1v) is 5.69. The summed E-state index contributed by atoms with van der Waals surface area (Å²) in [6, 6.07) is 1.68. The number of thioether (sulfide) groups is 1. The van der Waals surface area contributed by atoms with Crippen LogP contribution in [0.4, 0.5) is 11.6 Å². The van der Waals surface area contributed by atoms with Crippen LogP contribution in [0.5, 0.6) is 0 Å². The molecule has 1 aromatic rings. The van der Waals surface area contributed by atoms with Crippen molar-refractivity contribution in [3.63, 3.8) is 0 Å². The summed E-state index contributed by atoms with van der Waals surface area (Å²) in [5.74, 6) is 6.46. The number of nitrogens with two attached hydrogens (primary N) is 1. The standard InChI is InChI=1S/C8H15N5OS/c1-5(14)4-10-6-3-7(13-9)12-8(11-6)15-2/h3,5,14H,4,9H2,1-2H3,(H2,10,11,12,13). The molecular formula is C8H15N5OS. The third kappa shape index (κ3) is 3.90. The van der Waals surface area contributed by atoms with E-state index in [9.17, 15) is 0 Å². The van der Waals surface area contributed by atoms with Crippen LogP contribution in [0.2, 0.25) is 0 Å². The number of hydrazine groups is 1. The van der Waals surface area contributed by atoms with E-state index in [1.165, 1.54) is 11.8 Å². The average Bonchev–Trinajstić information content (AvgIpc) is 2.25. The van der Waals surface area contributed by atoms with Gasteiger partial charge in [-0.25, -0.2) is 15.8 Å². The molecule has 84 valence electrons. The van der Waals surface area contributed by atoms with Crippen LogP contribution in [0.1, 0.15) is 6.92 Å². The number of aliphatic hydroxyl groups is 1. The molecule has 0 radical (unpaired) electrons. The van der Waals surface area contributed by atoms with Gasteiger partial charge in [0, 0.05) is 12.6 Å². The van der Waals surface area contributed by atoms with Gasteiger partial charge in [-0.15, -0.1) is 0 Å². The van der Waals surface area contributed by atoms with E-state index in [2.05, 4.69) is 20.7 Å². The minimum atomic E-state index is -0.424. The second kappa shape index (κ2) is 5.74. The second-order valence-corrected chi connectivity index (χ2v) is 3.77. The van der Waals surface area contributed by atoms with Crippen molar-refractivity contribution < 1.29 is 5.11 Å². The van der Waals surface area contributed by atoms with Gasteiger partial charge in [-0.05, 0) is 13.2 Å². The average molecular weight is 229 g/mol. The topological polar surface area (TPSA) is 96.1 Å². The Morgan fingerprint density at radius 2 is 2.20 bits per heavy atom. The number of aliphatic hydroxyl groups excluding tert-OH is 1. The number of rotatable bonds is 5. The molecule has 0 aliphatic carbocycles. The lowest BCUT2D eigenvalue weighted by molar-refractivity contribution is 0.208. The Hall–Kier alpha value is -1.05. The van der Waals surface area contributed by atoms with E-state index in [4.69, 9.17) is 10.9 Å². The van der Waals surface area contributed by atoms with Crippen LogP contribution in [0.3, 0.4) is 0 Å². The molecule has 6 nitrogen and oxygen atoms in total. The van der Waals surface area contributed by atoms with Gasteiger partial charge in [0.15, 0.2) is 5.16 Å². The maximum Gasteiger partial charge on any atom is 0.191 e. The van der Waals surface area contributed by atoms with Gasteiger partial charge >= 0.3 is 0 Å². The van der Waals surface area contributed by atoms with Crippen LogP contribution < -0.4 is 16.6 Å². The third-order valence-corrected chi connectivity index (χ3v) is 2.16. The highest BCUT2D eigenvalue weighted by Crippen LogP contribution is 2.16. The Kier molecular flexibility index (Phi) is 4.60. The highest BCUT2D eigenvalue weighted by Gasteiger charge is 2.03. The third-order valence-electron chi connectivity index (χ3n) is 1.61. The normalized spacial score (nSPS) is 12.3. The van der Waals surface area contributed by atoms with Crippen molar-refractivity contribution in [1.29, 1.82) is 0 Å². The molecule has 7 heteroatoms. The first-order valence-electron chi connectivity index (χ1n) is 4.47. The highest BCUT2D eigenvalue weighted by molar-refractivity contribution is 7.98. The molecule has 0 saturated heterocycles. The maximum absolute atomic E-state index is 9.12. The molecule has 0 aromatic carbocycles. The second-order valence-electron chi connectivity index (χ2n) is 3.00. The Bertz CT molecular complexity index is 298. The summed E-state index contributed by atoms with van der Waals surface area (Å²) >= 11 is 1.43. The van der Waals surface area contributed by atoms with Crippen LogP contribution in [-0.2, 0) is 0 Å². The zero-order valence-corrected chi connectivity index (χ0v) is 9.51. The van der Waals surface area contributed by atoms with Gasteiger partial charge in [-0.1, -0.05) is 11.8 Å². The van der Waals surface area contributed by atoms with Gasteiger partial charge < -0.3 is 15.8 Å². The predicted molar refractivity (Wildman–Crippen MR) is 61.8 cm³/mol. The fourth-order valence-corrected chi connectivity index (χ4v) is 1.31. The van der Waals surface area contributed by atoms with Crippen LogP contribution in [0.15, 0.2) is 11.2 Å². The van der Waals surface area contributed by atoms with E-state index in [1.54, 1.807) is 13.0 Å². The maximum atomic E-state index is 9.12. The number of hydrogen-bond acceptors (Lipinski definition) is 7. The summed E-state index contributed by atoms with van der Waals surface area (Å²) in [4.78, 5) is 8.32. The van der Waals surface area contributed by atoms with Crippen LogP contribution in [0, 0.1) is 0 Å². The van der Waals surface area contributed by atoms with Gasteiger partial charge in [0.05, 0.1) is 6.10 Å². The summed E-state index contributed by atoms with van der Waals surface area (Å²) < 4.78 is 0. The molecule has 5 N–H and O–H groups in total. The number of aromatic nitrogens is 2. The number of nitrogen functional groups attached to an aromatic ring is 1. The summed E-state index contributed by atoms with van der Waals surface area (Å²) in [6.45, 7) is 2.14. The van der Waals surface area contributed by atoms with Gasteiger partial charge in [0.2, 0.25) is 0 Å². The van der Waals surface area contributed by atoms with Crippen molar-refractivity contribution in [2.45, 2.75) is 18.2 Å². The Morgan fingerprint density at radius 3 is 2.73 bits per heavy atom. The van der Waals surface area contributed by atoms with E-state index < -0.39 is 6.10 Å². The molecule has 0 fully saturated rings. The van der Waals surface area contributed by atoms with Crippen LogP contribution in [0.25, 0.3) is 0 Å². The fourth-order valence-electron chi connectivity index (χ4n) is 0.933. The first-order chi connectivity index (χ1) is 7.15. The highest BCUT2D eigenvalue weighted by atomic mass is 32.2. The van der Waals surface area contributed by atoms with Gasteiger partial charge in [0.1, 0.15) is 11.6 Å². The monoisotopic (exact) mass is 229 g/mol. The van der Waals surface area contributed by atoms with Gasteiger partial charge in [-0.3, -0.25) is 0 Å². The van der Waals surface area contributed by atoms with Crippen molar-refractivity contribution in [3.05, 3.63) is 6.07 Å².